The first-order valence-corrected chi connectivity index (χ1v) is 11.2. The Morgan fingerprint density at radius 3 is 2.42 bits per heavy atom. The number of aliphatic imine (C=N–C) groups is 1. The maximum Gasteiger partial charge on any atom is 0.241 e. The van der Waals surface area contributed by atoms with Gasteiger partial charge in [0, 0.05) is 39.3 Å². The van der Waals surface area contributed by atoms with Crippen LogP contribution in [0.1, 0.15) is 37.7 Å². The first-order valence-electron chi connectivity index (χ1n) is 11.2. The Morgan fingerprint density at radius 1 is 1.10 bits per heavy atom. The van der Waals surface area contributed by atoms with E-state index < -0.39 is 0 Å². The summed E-state index contributed by atoms with van der Waals surface area (Å²) in [7, 11) is 3.54. The van der Waals surface area contributed by atoms with Gasteiger partial charge in [-0.3, -0.25) is 9.69 Å². The fraction of sp³-hybridized carbons (Fsp3) is 0.652. The molecule has 174 valence electrons. The van der Waals surface area contributed by atoms with Crippen molar-refractivity contribution in [2.75, 3.05) is 53.5 Å². The van der Waals surface area contributed by atoms with E-state index in [1.165, 1.54) is 32.1 Å². The number of ether oxygens (including phenoxy) is 1. The molecular weight excluding hydrogens is 505 g/mol. The third-order valence-electron chi connectivity index (χ3n) is 6.22. The standard InChI is InChI=1S/C23H37N5O2.HI/c1-27(2)21(29)18-25-22(24-17-20-9-5-3-6-10-20)26-19-23(11-7-4-8-12-23)28-13-15-30-16-14-28;/h3,5-6,9-10H,4,7-8,11-19H2,1-2H3,(H2,24,25,26);1H. The first-order chi connectivity index (χ1) is 14.6. The van der Waals surface area contributed by atoms with Gasteiger partial charge in [-0.05, 0) is 18.4 Å². The summed E-state index contributed by atoms with van der Waals surface area (Å²) in [5, 5.41) is 6.81. The molecule has 1 amide bonds. The van der Waals surface area contributed by atoms with Crippen LogP contribution in [0, 0.1) is 0 Å². The van der Waals surface area contributed by atoms with Crippen LogP contribution in [-0.2, 0) is 16.1 Å². The molecule has 1 heterocycles. The average Bonchev–Trinajstić information content (AvgIpc) is 2.80. The summed E-state index contributed by atoms with van der Waals surface area (Å²) in [5.74, 6) is 0.733. The third kappa shape index (κ3) is 7.91. The van der Waals surface area contributed by atoms with Gasteiger partial charge in [0.05, 0.1) is 26.3 Å². The largest absolute Gasteiger partial charge is 0.379 e. The molecule has 0 bridgehead atoms. The molecule has 2 N–H and O–H groups in total. The summed E-state index contributed by atoms with van der Waals surface area (Å²) in [6.45, 7) is 5.26. The van der Waals surface area contributed by atoms with Crippen LogP contribution in [0.3, 0.4) is 0 Å². The molecule has 2 aliphatic rings. The van der Waals surface area contributed by atoms with Crippen molar-refractivity contribution in [3.63, 3.8) is 0 Å². The molecule has 0 aromatic heterocycles. The highest BCUT2D eigenvalue weighted by molar-refractivity contribution is 14.0. The maximum atomic E-state index is 12.1. The lowest BCUT2D eigenvalue weighted by molar-refractivity contribution is -0.127. The van der Waals surface area contributed by atoms with E-state index in [2.05, 4.69) is 27.7 Å². The van der Waals surface area contributed by atoms with Crippen molar-refractivity contribution >= 4 is 35.8 Å². The van der Waals surface area contributed by atoms with Crippen LogP contribution in [-0.4, -0.2) is 80.7 Å². The molecule has 0 atom stereocenters. The number of nitrogens with one attached hydrogen (secondary N) is 2. The van der Waals surface area contributed by atoms with E-state index >= 15 is 0 Å². The predicted octanol–water partition coefficient (Wildman–Crippen LogP) is 2.46. The summed E-state index contributed by atoms with van der Waals surface area (Å²) in [4.78, 5) is 21.1. The molecule has 1 saturated heterocycles. The zero-order valence-electron chi connectivity index (χ0n) is 18.9. The SMILES string of the molecule is CN(C)C(=O)CNC(=NCc1ccccc1)NCC1(N2CCOCC2)CCCCC1.I. The first kappa shape index (κ1) is 25.9. The number of rotatable bonds is 7. The molecule has 1 aromatic carbocycles. The van der Waals surface area contributed by atoms with E-state index in [1.54, 1.807) is 19.0 Å². The van der Waals surface area contributed by atoms with Gasteiger partial charge >= 0.3 is 0 Å². The quantitative estimate of drug-likeness (QED) is 0.314. The van der Waals surface area contributed by atoms with Crippen molar-refractivity contribution in [2.45, 2.75) is 44.2 Å². The second-order valence-electron chi connectivity index (χ2n) is 8.53. The number of morpholine rings is 1. The Hall–Kier alpha value is -1.39. The molecule has 1 saturated carbocycles. The van der Waals surface area contributed by atoms with Crippen molar-refractivity contribution in [1.29, 1.82) is 0 Å². The van der Waals surface area contributed by atoms with Gasteiger partial charge in [-0.25, -0.2) is 4.99 Å². The second-order valence-corrected chi connectivity index (χ2v) is 8.53. The Balaban J connectivity index is 0.00000341. The summed E-state index contributed by atoms with van der Waals surface area (Å²) >= 11 is 0. The number of carbonyl (C=O) groups is 1. The molecule has 8 heteroatoms. The minimum atomic E-state index is 0. The van der Waals surface area contributed by atoms with Crippen LogP contribution in [0.25, 0.3) is 0 Å². The molecule has 31 heavy (non-hydrogen) atoms. The van der Waals surface area contributed by atoms with Gasteiger partial charge < -0.3 is 20.3 Å². The normalized spacial score (nSPS) is 19.2. The van der Waals surface area contributed by atoms with Crippen LogP contribution in [0.2, 0.25) is 0 Å². The average molecular weight is 543 g/mol. The number of nitrogens with zero attached hydrogens (tertiary/aromatic N) is 3. The van der Waals surface area contributed by atoms with Gasteiger partial charge in [0.15, 0.2) is 5.96 Å². The summed E-state index contributed by atoms with van der Waals surface area (Å²) in [6, 6.07) is 10.2. The van der Waals surface area contributed by atoms with Crippen molar-refractivity contribution < 1.29 is 9.53 Å². The van der Waals surface area contributed by atoms with E-state index in [0.717, 1.165) is 38.4 Å². The number of hydrogen-bond donors (Lipinski definition) is 2. The highest BCUT2D eigenvalue weighted by Gasteiger charge is 2.38. The summed E-state index contributed by atoms with van der Waals surface area (Å²) < 4.78 is 5.60. The summed E-state index contributed by atoms with van der Waals surface area (Å²) in [6.07, 6.45) is 6.24. The Kier molecular flexibility index (Phi) is 11.0. The second kappa shape index (κ2) is 13.2. The lowest BCUT2D eigenvalue weighted by Crippen LogP contribution is -2.60. The molecule has 0 spiro atoms. The topological polar surface area (TPSA) is 69.2 Å². The minimum Gasteiger partial charge on any atom is -0.379 e. The number of hydrogen-bond acceptors (Lipinski definition) is 4. The van der Waals surface area contributed by atoms with E-state index in [-0.39, 0.29) is 42.0 Å². The summed E-state index contributed by atoms with van der Waals surface area (Å²) in [5.41, 5.74) is 1.29. The molecular formula is C23H38IN5O2. The van der Waals surface area contributed by atoms with Crippen LogP contribution >= 0.6 is 24.0 Å². The van der Waals surface area contributed by atoms with Crippen LogP contribution in [0.4, 0.5) is 0 Å². The van der Waals surface area contributed by atoms with Crippen molar-refractivity contribution in [3.8, 4) is 0 Å². The molecule has 3 rings (SSSR count). The molecule has 0 radical (unpaired) electrons. The van der Waals surface area contributed by atoms with Crippen molar-refractivity contribution in [1.82, 2.24) is 20.4 Å². The fourth-order valence-electron chi connectivity index (χ4n) is 4.35. The fourth-order valence-corrected chi connectivity index (χ4v) is 4.35. The van der Waals surface area contributed by atoms with Crippen LogP contribution < -0.4 is 10.6 Å². The highest BCUT2D eigenvalue weighted by atomic mass is 127. The monoisotopic (exact) mass is 543 g/mol. The molecule has 1 aliphatic heterocycles. The molecule has 2 fully saturated rings. The molecule has 0 unspecified atom stereocenters. The van der Waals surface area contributed by atoms with Crippen LogP contribution in [0.5, 0.6) is 0 Å². The van der Waals surface area contributed by atoms with Gasteiger partial charge in [-0.15, -0.1) is 24.0 Å². The van der Waals surface area contributed by atoms with Gasteiger partial charge in [0.2, 0.25) is 5.91 Å². The molecule has 1 aromatic rings. The Bertz CT molecular complexity index is 686. The van der Waals surface area contributed by atoms with E-state index in [1.807, 2.05) is 18.2 Å². The van der Waals surface area contributed by atoms with E-state index in [0.29, 0.717) is 12.5 Å². The molecule has 7 nitrogen and oxygen atoms in total. The zero-order chi connectivity index (χ0) is 21.2. The Labute approximate surface area is 204 Å². The van der Waals surface area contributed by atoms with Crippen molar-refractivity contribution in [3.05, 3.63) is 35.9 Å². The number of amides is 1. The number of halogens is 1. The van der Waals surface area contributed by atoms with E-state index in [4.69, 9.17) is 9.73 Å². The third-order valence-corrected chi connectivity index (χ3v) is 6.22. The lowest BCUT2D eigenvalue weighted by atomic mass is 9.80. The van der Waals surface area contributed by atoms with Crippen molar-refractivity contribution in [2.24, 2.45) is 4.99 Å². The highest BCUT2D eigenvalue weighted by Crippen LogP contribution is 2.33. The van der Waals surface area contributed by atoms with E-state index in [9.17, 15) is 4.79 Å². The van der Waals surface area contributed by atoms with Gasteiger partial charge in [0.1, 0.15) is 0 Å². The zero-order valence-corrected chi connectivity index (χ0v) is 21.3. The smallest absolute Gasteiger partial charge is 0.241 e. The molecule has 1 aliphatic carbocycles. The van der Waals surface area contributed by atoms with Gasteiger partial charge in [-0.2, -0.15) is 0 Å². The van der Waals surface area contributed by atoms with Gasteiger partial charge in [-0.1, -0.05) is 49.6 Å². The maximum absolute atomic E-state index is 12.1. The van der Waals surface area contributed by atoms with Gasteiger partial charge in [0.25, 0.3) is 0 Å². The predicted molar refractivity (Wildman–Crippen MR) is 136 cm³/mol. The minimum absolute atomic E-state index is 0. The Morgan fingerprint density at radius 2 is 1.77 bits per heavy atom. The number of likely N-dealkylation sites (N-methyl/N-ethyl adjacent to an activating group) is 1. The lowest BCUT2D eigenvalue weighted by Gasteiger charge is -2.48. The number of carbonyl (C=O) groups excluding carboxylic acids is 1. The number of guanidine groups is 1. The number of benzene rings is 1. The van der Waals surface area contributed by atoms with Crippen LogP contribution in [0.15, 0.2) is 35.3 Å².